The van der Waals surface area contributed by atoms with Crippen LogP contribution in [0.15, 0.2) is 12.2 Å². The standard InChI is InChI=1S/C19H28O/c1-12-3-6-15-10-18-14(11-19(12,15)2)5-4-13-9-16(20)7-8-17(13)18/h13-15,17-18H,1,3-11H2,2H3/t13-,14+,15-,17+,18+,19+/m1/s1. The highest BCUT2D eigenvalue weighted by Crippen LogP contribution is 2.62. The summed E-state index contributed by atoms with van der Waals surface area (Å²) in [5.74, 6) is 4.93. The van der Waals surface area contributed by atoms with Gasteiger partial charge in [-0.2, -0.15) is 0 Å². The fraction of sp³-hybridized carbons (Fsp3) is 0.842. The van der Waals surface area contributed by atoms with Crippen molar-refractivity contribution in [3.8, 4) is 0 Å². The van der Waals surface area contributed by atoms with Gasteiger partial charge >= 0.3 is 0 Å². The Balaban J connectivity index is 1.58. The number of carbonyl (C=O) groups excluding carboxylic acids is 1. The van der Waals surface area contributed by atoms with Crippen molar-refractivity contribution in [3.63, 3.8) is 0 Å². The molecule has 0 aromatic carbocycles. The molecule has 4 aliphatic rings. The van der Waals surface area contributed by atoms with Crippen LogP contribution in [0, 0.1) is 35.0 Å². The molecular weight excluding hydrogens is 244 g/mol. The van der Waals surface area contributed by atoms with Crippen molar-refractivity contribution >= 4 is 5.78 Å². The predicted molar refractivity (Wildman–Crippen MR) is 81.3 cm³/mol. The van der Waals surface area contributed by atoms with Gasteiger partial charge in [-0.3, -0.25) is 4.79 Å². The Labute approximate surface area is 123 Å². The first-order valence-electron chi connectivity index (χ1n) is 8.78. The van der Waals surface area contributed by atoms with E-state index in [9.17, 15) is 4.79 Å². The molecule has 0 aromatic heterocycles. The SMILES string of the molecule is C=C1CC[C@@H]2C[C@H]3[C@@H](CC[C@@H]4CC(=O)CC[C@@H]43)C[C@@]12C. The van der Waals surface area contributed by atoms with Crippen LogP contribution in [-0.4, -0.2) is 5.78 Å². The molecule has 1 heteroatoms. The van der Waals surface area contributed by atoms with Gasteiger partial charge in [-0.1, -0.05) is 19.1 Å². The number of Topliss-reactive ketones (excluding diaryl/α,β-unsaturated/α-hetero) is 1. The molecule has 0 unspecified atom stereocenters. The maximum absolute atomic E-state index is 11.7. The normalized spacial score (nSPS) is 51.4. The van der Waals surface area contributed by atoms with Gasteiger partial charge in [0.2, 0.25) is 0 Å². The molecule has 0 spiro atoms. The van der Waals surface area contributed by atoms with E-state index >= 15 is 0 Å². The summed E-state index contributed by atoms with van der Waals surface area (Å²) in [6.07, 6.45) is 11.2. The Morgan fingerprint density at radius 2 is 1.85 bits per heavy atom. The van der Waals surface area contributed by atoms with Crippen molar-refractivity contribution in [2.75, 3.05) is 0 Å². The van der Waals surface area contributed by atoms with Crippen molar-refractivity contribution in [1.82, 2.24) is 0 Å². The van der Waals surface area contributed by atoms with Gasteiger partial charge in [0.05, 0.1) is 0 Å². The smallest absolute Gasteiger partial charge is 0.133 e. The third kappa shape index (κ3) is 1.77. The summed E-state index contributed by atoms with van der Waals surface area (Å²) >= 11 is 0. The molecule has 0 bridgehead atoms. The van der Waals surface area contributed by atoms with E-state index in [4.69, 9.17) is 0 Å². The number of fused-ring (bicyclic) bond motifs is 4. The number of hydrogen-bond acceptors (Lipinski definition) is 1. The van der Waals surface area contributed by atoms with E-state index < -0.39 is 0 Å². The molecule has 1 nitrogen and oxygen atoms in total. The molecule has 0 heterocycles. The quantitative estimate of drug-likeness (QED) is 0.581. The minimum Gasteiger partial charge on any atom is -0.300 e. The third-order valence-electron chi connectivity index (χ3n) is 7.66. The molecule has 4 saturated carbocycles. The fourth-order valence-electron chi connectivity index (χ4n) is 6.40. The Kier molecular flexibility index (Phi) is 2.91. The molecule has 0 aliphatic heterocycles. The van der Waals surface area contributed by atoms with Crippen molar-refractivity contribution in [2.24, 2.45) is 35.0 Å². The van der Waals surface area contributed by atoms with Crippen LogP contribution in [0.1, 0.15) is 64.7 Å². The number of ketones is 1. The Morgan fingerprint density at radius 3 is 2.70 bits per heavy atom. The number of allylic oxidation sites excluding steroid dienone is 1. The minimum atomic E-state index is 0.457. The second-order valence-electron chi connectivity index (χ2n) is 8.40. The lowest BCUT2D eigenvalue weighted by Gasteiger charge is -2.53. The summed E-state index contributed by atoms with van der Waals surface area (Å²) < 4.78 is 0. The lowest BCUT2D eigenvalue weighted by Crippen LogP contribution is -2.46. The van der Waals surface area contributed by atoms with E-state index in [1.165, 1.54) is 44.9 Å². The molecule has 110 valence electrons. The highest BCUT2D eigenvalue weighted by molar-refractivity contribution is 5.79. The minimum absolute atomic E-state index is 0.457. The fourth-order valence-corrected chi connectivity index (χ4v) is 6.40. The number of hydrogen-bond donors (Lipinski definition) is 0. The van der Waals surface area contributed by atoms with Crippen LogP contribution < -0.4 is 0 Å². The first kappa shape index (κ1) is 13.1. The summed E-state index contributed by atoms with van der Waals surface area (Å²) in [5.41, 5.74) is 2.00. The van der Waals surface area contributed by atoms with Crippen molar-refractivity contribution < 1.29 is 4.79 Å². The molecule has 4 aliphatic carbocycles. The van der Waals surface area contributed by atoms with E-state index in [-0.39, 0.29) is 0 Å². The summed E-state index contributed by atoms with van der Waals surface area (Å²) in [6.45, 7) is 6.89. The second kappa shape index (κ2) is 4.45. The van der Waals surface area contributed by atoms with Crippen LogP contribution in [-0.2, 0) is 4.79 Å². The monoisotopic (exact) mass is 272 g/mol. The van der Waals surface area contributed by atoms with Crippen molar-refractivity contribution in [1.29, 1.82) is 0 Å². The molecule has 0 saturated heterocycles. The van der Waals surface area contributed by atoms with Gasteiger partial charge in [-0.05, 0) is 80.0 Å². The third-order valence-corrected chi connectivity index (χ3v) is 7.66. The van der Waals surface area contributed by atoms with Crippen LogP contribution in [0.25, 0.3) is 0 Å². The topological polar surface area (TPSA) is 17.1 Å². The van der Waals surface area contributed by atoms with E-state index in [2.05, 4.69) is 13.5 Å². The molecule has 4 rings (SSSR count). The lowest BCUT2D eigenvalue weighted by molar-refractivity contribution is -0.126. The van der Waals surface area contributed by atoms with Crippen LogP contribution in [0.4, 0.5) is 0 Å². The molecule has 20 heavy (non-hydrogen) atoms. The molecule has 0 aromatic rings. The first-order valence-corrected chi connectivity index (χ1v) is 8.78. The average Bonchev–Trinajstić information content (AvgIpc) is 2.71. The van der Waals surface area contributed by atoms with Gasteiger partial charge < -0.3 is 0 Å². The van der Waals surface area contributed by atoms with Gasteiger partial charge in [-0.25, -0.2) is 0 Å². The van der Waals surface area contributed by atoms with Crippen LogP contribution in [0.2, 0.25) is 0 Å². The number of rotatable bonds is 0. The van der Waals surface area contributed by atoms with Gasteiger partial charge in [0.1, 0.15) is 5.78 Å². The van der Waals surface area contributed by atoms with Crippen molar-refractivity contribution in [3.05, 3.63) is 12.2 Å². The maximum atomic E-state index is 11.7. The Hall–Kier alpha value is -0.590. The summed E-state index contributed by atoms with van der Waals surface area (Å²) in [5, 5.41) is 0. The Morgan fingerprint density at radius 1 is 1.05 bits per heavy atom. The van der Waals surface area contributed by atoms with Gasteiger partial charge in [-0.15, -0.1) is 0 Å². The second-order valence-corrected chi connectivity index (χ2v) is 8.40. The van der Waals surface area contributed by atoms with Gasteiger partial charge in [0, 0.05) is 12.8 Å². The van der Waals surface area contributed by atoms with E-state index in [1.54, 1.807) is 5.57 Å². The zero-order valence-corrected chi connectivity index (χ0v) is 12.9. The largest absolute Gasteiger partial charge is 0.300 e. The number of carbonyl (C=O) groups is 1. The highest BCUT2D eigenvalue weighted by Gasteiger charge is 2.53. The summed E-state index contributed by atoms with van der Waals surface area (Å²) in [6, 6.07) is 0. The highest BCUT2D eigenvalue weighted by atomic mass is 16.1. The van der Waals surface area contributed by atoms with E-state index in [0.29, 0.717) is 11.2 Å². The van der Waals surface area contributed by atoms with Crippen LogP contribution in [0.3, 0.4) is 0 Å². The molecule has 4 fully saturated rings. The molecule has 0 amide bonds. The zero-order chi connectivity index (χ0) is 13.9. The average molecular weight is 272 g/mol. The summed E-state index contributed by atoms with van der Waals surface area (Å²) in [4.78, 5) is 11.7. The van der Waals surface area contributed by atoms with E-state index in [1.807, 2.05) is 0 Å². The van der Waals surface area contributed by atoms with Crippen LogP contribution in [0.5, 0.6) is 0 Å². The van der Waals surface area contributed by atoms with Gasteiger partial charge in [0.25, 0.3) is 0 Å². The first-order chi connectivity index (χ1) is 9.58. The zero-order valence-electron chi connectivity index (χ0n) is 12.9. The lowest BCUT2D eigenvalue weighted by atomic mass is 9.51. The van der Waals surface area contributed by atoms with Crippen molar-refractivity contribution in [2.45, 2.75) is 64.7 Å². The maximum Gasteiger partial charge on any atom is 0.133 e. The van der Waals surface area contributed by atoms with Gasteiger partial charge in [0.15, 0.2) is 0 Å². The Bertz CT molecular complexity index is 451. The molecule has 0 N–H and O–H groups in total. The summed E-state index contributed by atoms with van der Waals surface area (Å²) in [7, 11) is 0. The molecule has 6 atom stereocenters. The molecule has 0 radical (unpaired) electrons. The molecular formula is C19H28O. The van der Waals surface area contributed by atoms with E-state index in [0.717, 1.165) is 42.4 Å². The van der Waals surface area contributed by atoms with Crippen LogP contribution >= 0.6 is 0 Å². The predicted octanol–water partition coefficient (Wildman–Crippen LogP) is 4.76.